The number of halogens is 2. The van der Waals surface area contributed by atoms with Gasteiger partial charge in [0.25, 0.3) is 0 Å². The molecule has 18 heavy (non-hydrogen) atoms. The fourth-order valence-corrected chi connectivity index (χ4v) is 2.60. The van der Waals surface area contributed by atoms with Crippen LogP contribution in [0.4, 0.5) is 4.39 Å². The van der Waals surface area contributed by atoms with Gasteiger partial charge in [0, 0.05) is 5.88 Å². The lowest BCUT2D eigenvalue weighted by atomic mass is 9.94. The van der Waals surface area contributed by atoms with Crippen molar-refractivity contribution < 1.29 is 4.39 Å². The third-order valence-electron chi connectivity index (χ3n) is 3.41. The maximum atomic E-state index is 13.1. The SMILES string of the molecule is CCCCCCCCC(CCl)c1cccc(F)c1. The minimum atomic E-state index is -0.162. The van der Waals surface area contributed by atoms with Crippen molar-refractivity contribution >= 4 is 11.6 Å². The van der Waals surface area contributed by atoms with E-state index in [1.165, 1.54) is 44.6 Å². The second-order valence-electron chi connectivity index (χ2n) is 4.96. The van der Waals surface area contributed by atoms with Gasteiger partial charge in [0.15, 0.2) is 0 Å². The van der Waals surface area contributed by atoms with Crippen LogP contribution in [0.15, 0.2) is 24.3 Å². The van der Waals surface area contributed by atoms with E-state index in [9.17, 15) is 4.39 Å². The molecule has 0 heterocycles. The molecule has 0 nitrogen and oxygen atoms in total. The molecular formula is C16H24ClF. The summed E-state index contributed by atoms with van der Waals surface area (Å²) < 4.78 is 13.1. The van der Waals surface area contributed by atoms with Crippen molar-refractivity contribution in [2.45, 2.75) is 57.8 Å². The molecule has 0 saturated heterocycles. The summed E-state index contributed by atoms with van der Waals surface area (Å²) >= 11 is 5.99. The summed E-state index contributed by atoms with van der Waals surface area (Å²) in [6.07, 6.45) is 8.80. The quantitative estimate of drug-likeness (QED) is 0.387. The number of alkyl halides is 1. The zero-order valence-electron chi connectivity index (χ0n) is 11.3. The second kappa shape index (κ2) is 9.38. The van der Waals surface area contributed by atoms with E-state index in [0.29, 0.717) is 11.8 Å². The molecule has 0 fully saturated rings. The standard InChI is InChI=1S/C16H24ClF/c1-2-3-4-5-6-7-9-15(13-17)14-10-8-11-16(18)12-14/h8,10-12,15H,2-7,9,13H2,1H3. The van der Waals surface area contributed by atoms with Crippen LogP contribution in [0, 0.1) is 5.82 Å². The Morgan fingerprint density at radius 3 is 2.50 bits per heavy atom. The van der Waals surface area contributed by atoms with E-state index in [1.807, 2.05) is 6.07 Å². The number of hydrogen-bond donors (Lipinski definition) is 0. The summed E-state index contributed by atoms with van der Waals surface area (Å²) in [5.41, 5.74) is 1.04. The molecule has 0 aliphatic carbocycles. The van der Waals surface area contributed by atoms with Gasteiger partial charge in [-0.3, -0.25) is 0 Å². The van der Waals surface area contributed by atoms with Crippen molar-refractivity contribution in [2.24, 2.45) is 0 Å². The maximum Gasteiger partial charge on any atom is 0.123 e. The summed E-state index contributed by atoms with van der Waals surface area (Å²) in [5, 5.41) is 0. The molecule has 1 atom stereocenters. The summed E-state index contributed by atoms with van der Waals surface area (Å²) in [4.78, 5) is 0. The van der Waals surface area contributed by atoms with Gasteiger partial charge in [-0.1, -0.05) is 57.6 Å². The van der Waals surface area contributed by atoms with E-state index >= 15 is 0 Å². The molecule has 1 unspecified atom stereocenters. The molecule has 0 aliphatic rings. The summed E-state index contributed by atoms with van der Waals surface area (Å²) in [6.45, 7) is 2.23. The minimum absolute atomic E-state index is 0.162. The zero-order valence-corrected chi connectivity index (χ0v) is 12.1. The Balaban J connectivity index is 2.29. The maximum absolute atomic E-state index is 13.1. The van der Waals surface area contributed by atoms with Crippen molar-refractivity contribution in [3.05, 3.63) is 35.6 Å². The molecule has 0 aromatic heterocycles. The van der Waals surface area contributed by atoms with Crippen molar-refractivity contribution in [1.82, 2.24) is 0 Å². The zero-order chi connectivity index (χ0) is 13.2. The molecule has 1 aromatic rings. The Morgan fingerprint density at radius 2 is 1.83 bits per heavy atom. The first-order valence-electron chi connectivity index (χ1n) is 7.09. The highest BCUT2D eigenvalue weighted by molar-refractivity contribution is 6.18. The Hall–Kier alpha value is -0.560. The lowest BCUT2D eigenvalue weighted by Crippen LogP contribution is -2.01. The summed E-state index contributed by atoms with van der Waals surface area (Å²) in [5.74, 6) is 0.720. The van der Waals surface area contributed by atoms with Gasteiger partial charge in [0.2, 0.25) is 0 Å². The van der Waals surface area contributed by atoms with Gasteiger partial charge in [-0.15, -0.1) is 11.6 Å². The van der Waals surface area contributed by atoms with Gasteiger partial charge < -0.3 is 0 Å². The van der Waals surface area contributed by atoms with E-state index in [-0.39, 0.29) is 5.82 Å². The first-order chi connectivity index (χ1) is 8.77. The molecule has 0 amide bonds. The Labute approximate surface area is 116 Å². The van der Waals surface area contributed by atoms with Crippen LogP contribution in [-0.4, -0.2) is 5.88 Å². The van der Waals surface area contributed by atoms with Crippen LogP contribution < -0.4 is 0 Å². The van der Waals surface area contributed by atoms with Gasteiger partial charge in [0.1, 0.15) is 5.82 Å². The molecule has 0 spiro atoms. The molecule has 0 saturated carbocycles. The van der Waals surface area contributed by atoms with Crippen LogP contribution in [0.25, 0.3) is 0 Å². The van der Waals surface area contributed by atoms with Crippen LogP contribution in [0.1, 0.15) is 63.4 Å². The van der Waals surface area contributed by atoms with Gasteiger partial charge in [-0.05, 0) is 30.0 Å². The highest BCUT2D eigenvalue weighted by Gasteiger charge is 2.10. The van der Waals surface area contributed by atoms with Gasteiger partial charge in [0.05, 0.1) is 0 Å². The number of hydrogen-bond acceptors (Lipinski definition) is 0. The highest BCUT2D eigenvalue weighted by atomic mass is 35.5. The van der Waals surface area contributed by atoms with Crippen molar-refractivity contribution in [2.75, 3.05) is 5.88 Å². The second-order valence-corrected chi connectivity index (χ2v) is 5.27. The molecule has 1 aromatic carbocycles. The van der Waals surface area contributed by atoms with Crippen LogP contribution in [0.5, 0.6) is 0 Å². The largest absolute Gasteiger partial charge is 0.207 e. The Bertz CT molecular complexity index is 325. The first kappa shape index (κ1) is 15.5. The highest BCUT2D eigenvalue weighted by Crippen LogP contribution is 2.24. The van der Waals surface area contributed by atoms with Crippen LogP contribution >= 0.6 is 11.6 Å². The smallest absolute Gasteiger partial charge is 0.123 e. The van der Waals surface area contributed by atoms with E-state index in [1.54, 1.807) is 12.1 Å². The van der Waals surface area contributed by atoms with E-state index < -0.39 is 0 Å². The molecular weight excluding hydrogens is 247 g/mol. The predicted octanol–water partition coefficient (Wildman–Crippen LogP) is 5.90. The van der Waals surface area contributed by atoms with Crippen molar-refractivity contribution in [3.63, 3.8) is 0 Å². The normalized spacial score (nSPS) is 12.6. The van der Waals surface area contributed by atoms with Crippen LogP contribution in [-0.2, 0) is 0 Å². The molecule has 0 aliphatic heterocycles. The third kappa shape index (κ3) is 5.86. The van der Waals surface area contributed by atoms with E-state index in [0.717, 1.165) is 12.0 Å². The predicted molar refractivity (Wildman–Crippen MR) is 77.9 cm³/mol. The third-order valence-corrected chi connectivity index (χ3v) is 3.78. The monoisotopic (exact) mass is 270 g/mol. The molecule has 0 N–H and O–H groups in total. The minimum Gasteiger partial charge on any atom is -0.207 e. The molecule has 2 heteroatoms. The lowest BCUT2D eigenvalue weighted by Gasteiger charge is -2.14. The van der Waals surface area contributed by atoms with E-state index in [2.05, 4.69) is 6.92 Å². The Morgan fingerprint density at radius 1 is 1.11 bits per heavy atom. The lowest BCUT2D eigenvalue weighted by molar-refractivity contribution is 0.556. The average Bonchev–Trinajstić information content (AvgIpc) is 2.38. The van der Waals surface area contributed by atoms with Gasteiger partial charge >= 0.3 is 0 Å². The van der Waals surface area contributed by atoms with Crippen LogP contribution in [0.3, 0.4) is 0 Å². The summed E-state index contributed by atoms with van der Waals surface area (Å²) in [7, 11) is 0. The van der Waals surface area contributed by atoms with Crippen molar-refractivity contribution in [1.29, 1.82) is 0 Å². The molecule has 1 rings (SSSR count). The fourth-order valence-electron chi connectivity index (χ4n) is 2.26. The molecule has 0 radical (unpaired) electrons. The summed E-state index contributed by atoms with van der Waals surface area (Å²) in [6, 6.07) is 6.85. The average molecular weight is 271 g/mol. The Kier molecular flexibility index (Phi) is 8.08. The number of rotatable bonds is 9. The topological polar surface area (TPSA) is 0 Å². The van der Waals surface area contributed by atoms with Gasteiger partial charge in [-0.2, -0.15) is 0 Å². The molecule has 0 bridgehead atoms. The van der Waals surface area contributed by atoms with E-state index in [4.69, 9.17) is 11.6 Å². The van der Waals surface area contributed by atoms with Crippen LogP contribution in [0.2, 0.25) is 0 Å². The molecule has 102 valence electrons. The number of benzene rings is 1. The number of unbranched alkanes of at least 4 members (excludes halogenated alkanes) is 5. The van der Waals surface area contributed by atoms with Gasteiger partial charge in [-0.25, -0.2) is 4.39 Å². The van der Waals surface area contributed by atoms with Crippen molar-refractivity contribution in [3.8, 4) is 0 Å². The fraction of sp³-hybridized carbons (Fsp3) is 0.625. The first-order valence-corrected chi connectivity index (χ1v) is 7.62.